The summed E-state index contributed by atoms with van der Waals surface area (Å²) in [5, 5.41) is 3.26. The minimum Gasteiger partial charge on any atom is -0.315 e. The molecule has 0 unspecified atom stereocenters. The molecule has 0 bridgehead atoms. The maximum Gasteiger partial charge on any atom is 0.00997 e. The van der Waals surface area contributed by atoms with Gasteiger partial charge in [0.15, 0.2) is 0 Å². The Bertz CT molecular complexity index is 75.9. The van der Waals surface area contributed by atoms with Gasteiger partial charge in [-0.3, -0.25) is 10.9 Å². The van der Waals surface area contributed by atoms with E-state index < -0.39 is 0 Å². The number of thioether (sulfide) groups is 1. The summed E-state index contributed by atoms with van der Waals surface area (Å²) in [6, 6.07) is 0. The van der Waals surface area contributed by atoms with Crippen molar-refractivity contribution in [1.82, 2.24) is 16.2 Å². The Labute approximate surface area is 85.4 Å². The van der Waals surface area contributed by atoms with Crippen LogP contribution >= 0.6 is 11.8 Å². The maximum atomic E-state index is 3.26. The standard InChI is InChI=1S/C5H12N2.C4H9NS/c1-2-4-6-7-5-3-1;1-3-6-4-2-5-1/h6-7H,1-5H2;5H,1-4H2. The highest BCUT2D eigenvalue weighted by Crippen LogP contribution is 1.99. The average Bonchev–Trinajstić information content (AvgIpc) is 2.53. The molecule has 0 atom stereocenters. The van der Waals surface area contributed by atoms with Crippen LogP contribution in [0.3, 0.4) is 0 Å². The Morgan fingerprint density at radius 1 is 0.692 bits per heavy atom. The molecule has 78 valence electrons. The van der Waals surface area contributed by atoms with Crippen molar-refractivity contribution in [3.8, 4) is 0 Å². The van der Waals surface area contributed by atoms with Crippen molar-refractivity contribution in [3.05, 3.63) is 0 Å². The van der Waals surface area contributed by atoms with Crippen LogP contribution in [0.25, 0.3) is 0 Å². The maximum absolute atomic E-state index is 3.26. The molecule has 0 aromatic carbocycles. The first-order chi connectivity index (χ1) is 6.50. The molecule has 2 aliphatic heterocycles. The molecule has 3 N–H and O–H groups in total. The van der Waals surface area contributed by atoms with Gasteiger partial charge in [-0.25, -0.2) is 0 Å². The Morgan fingerprint density at radius 2 is 1.31 bits per heavy atom. The molecule has 4 heteroatoms. The van der Waals surface area contributed by atoms with Gasteiger partial charge in [-0.1, -0.05) is 6.42 Å². The molecule has 0 aliphatic carbocycles. The van der Waals surface area contributed by atoms with Gasteiger partial charge < -0.3 is 5.32 Å². The molecule has 0 aromatic rings. The number of rotatable bonds is 0. The van der Waals surface area contributed by atoms with Crippen LogP contribution in [0, 0.1) is 0 Å². The molecular weight excluding hydrogens is 182 g/mol. The smallest absolute Gasteiger partial charge is 0.00997 e. The molecule has 0 radical (unpaired) electrons. The third-order valence-corrected chi connectivity index (χ3v) is 3.06. The highest BCUT2D eigenvalue weighted by Gasteiger charge is 1.94. The second-order valence-electron chi connectivity index (χ2n) is 3.28. The first-order valence-electron chi connectivity index (χ1n) is 5.24. The van der Waals surface area contributed by atoms with Gasteiger partial charge in [-0.15, -0.1) is 0 Å². The van der Waals surface area contributed by atoms with E-state index >= 15 is 0 Å². The molecule has 2 aliphatic rings. The van der Waals surface area contributed by atoms with Gasteiger partial charge in [0, 0.05) is 37.7 Å². The molecule has 2 heterocycles. The lowest BCUT2D eigenvalue weighted by atomic mass is 10.2. The highest BCUT2D eigenvalue weighted by molar-refractivity contribution is 7.99. The third-order valence-electron chi connectivity index (χ3n) is 2.07. The predicted octanol–water partition coefficient (Wildman–Crippen LogP) is 0.587. The number of nitrogens with one attached hydrogen (secondary N) is 3. The molecule has 0 saturated carbocycles. The fourth-order valence-corrected chi connectivity index (χ4v) is 2.08. The summed E-state index contributed by atoms with van der Waals surface area (Å²) in [6.07, 6.45) is 4.03. The summed E-state index contributed by atoms with van der Waals surface area (Å²) in [7, 11) is 0. The second kappa shape index (κ2) is 8.81. The van der Waals surface area contributed by atoms with E-state index in [1.54, 1.807) is 0 Å². The van der Waals surface area contributed by atoms with Crippen LogP contribution in [-0.2, 0) is 0 Å². The number of hydrogen-bond donors (Lipinski definition) is 3. The van der Waals surface area contributed by atoms with Gasteiger partial charge in [-0.05, 0) is 12.8 Å². The topological polar surface area (TPSA) is 36.1 Å². The zero-order valence-corrected chi connectivity index (χ0v) is 9.09. The van der Waals surface area contributed by atoms with Gasteiger partial charge in [0.05, 0.1) is 0 Å². The van der Waals surface area contributed by atoms with E-state index in [1.165, 1.54) is 43.9 Å². The minimum absolute atomic E-state index is 1.14. The first kappa shape index (κ1) is 11.3. The van der Waals surface area contributed by atoms with E-state index in [1.807, 2.05) is 11.8 Å². The zero-order valence-electron chi connectivity index (χ0n) is 8.27. The molecular formula is C9H21N3S. The normalized spacial score (nSPS) is 24.0. The summed E-state index contributed by atoms with van der Waals surface area (Å²) in [5.74, 6) is 2.61. The lowest BCUT2D eigenvalue weighted by Crippen LogP contribution is -2.30. The van der Waals surface area contributed by atoms with Crippen molar-refractivity contribution >= 4 is 11.8 Å². The predicted molar refractivity (Wildman–Crippen MR) is 60.1 cm³/mol. The van der Waals surface area contributed by atoms with Crippen LogP contribution in [0.4, 0.5) is 0 Å². The lowest BCUT2D eigenvalue weighted by Gasteiger charge is -2.08. The fraction of sp³-hybridized carbons (Fsp3) is 1.00. The summed E-state index contributed by atoms with van der Waals surface area (Å²) in [5.41, 5.74) is 6.19. The van der Waals surface area contributed by atoms with Crippen molar-refractivity contribution < 1.29 is 0 Å². The molecule has 2 saturated heterocycles. The molecule has 0 spiro atoms. The Morgan fingerprint density at radius 3 is 1.69 bits per heavy atom. The van der Waals surface area contributed by atoms with E-state index in [4.69, 9.17) is 0 Å². The van der Waals surface area contributed by atoms with Gasteiger partial charge in [-0.2, -0.15) is 11.8 Å². The second-order valence-corrected chi connectivity index (χ2v) is 4.50. The lowest BCUT2D eigenvalue weighted by molar-refractivity contribution is 0.573. The van der Waals surface area contributed by atoms with E-state index in [0.29, 0.717) is 0 Å². The number of hydrazine groups is 1. The van der Waals surface area contributed by atoms with E-state index in [9.17, 15) is 0 Å². The zero-order chi connectivity index (χ0) is 9.19. The summed E-state index contributed by atoms with van der Waals surface area (Å²) in [4.78, 5) is 0. The van der Waals surface area contributed by atoms with Crippen LogP contribution in [0.5, 0.6) is 0 Å². The van der Waals surface area contributed by atoms with Gasteiger partial charge in [0.25, 0.3) is 0 Å². The average molecular weight is 203 g/mol. The Balaban J connectivity index is 0.000000132. The van der Waals surface area contributed by atoms with Crippen molar-refractivity contribution in [3.63, 3.8) is 0 Å². The van der Waals surface area contributed by atoms with Crippen molar-refractivity contribution in [1.29, 1.82) is 0 Å². The SMILES string of the molecule is C1CCNNCC1.C1CSCCN1. The van der Waals surface area contributed by atoms with Crippen molar-refractivity contribution in [2.75, 3.05) is 37.7 Å². The molecule has 13 heavy (non-hydrogen) atoms. The van der Waals surface area contributed by atoms with Crippen LogP contribution < -0.4 is 16.2 Å². The van der Waals surface area contributed by atoms with Gasteiger partial charge >= 0.3 is 0 Å². The number of hydrogen-bond acceptors (Lipinski definition) is 4. The summed E-state index contributed by atoms with van der Waals surface area (Å²) >= 11 is 2.03. The Hall–Kier alpha value is 0.230. The van der Waals surface area contributed by atoms with E-state index in [2.05, 4.69) is 16.2 Å². The van der Waals surface area contributed by atoms with Crippen molar-refractivity contribution in [2.24, 2.45) is 0 Å². The fourth-order valence-electron chi connectivity index (χ4n) is 1.30. The van der Waals surface area contributed by atoms with E-state index in [0.717, 1.165) is 13.1 Å². The molecule has 3 nitrogen and oxygen atoms in total. The van der Waals surface area contributed by atoms with E-state index in [-0.39, 0.29) is 0 Å². The van der Waals surface area contributed by atoms with Gasteiger partial charge in [0.1, 0.15) is 0 Å². The third kappa shape index (κ3) is 7.31. The van der Waals surface area contributed by atoms with Crippen LogP contribution in [0.15, 0.2) is 0 Å². The Kier molecular flexibility index (Phi) is 7.66. The molecule has 0 aromatic heterocycles. The minimum atomic E-state index is 1.14. The summed E-state index contributed by atoms with van der Waals surface area (Å²) in [6.45, 7) is 4.70. The molecule has 2 fully saturated rings. The first-order valence-corrected chi connectivity index (χ1v) is 6.40. The van der Waals surface area contributed by atoms with Crippen LogP contribution in [0.1, 0.15) is 19.3 Å². The monoisotopic (exact) mass is 203 g/mol. The summed E-state index contributed by atoms with van der Waals surface area (Å²) < 4.78 is 0. The van der Waals surface area contributed by atoms with Gasteiger partial charge in [0.2, 0.25) is 0 Å². The van der Waals surface area contributed by atoms with Crippen molar-refractivity contribution in [2.45, 2.75) is 19.3 Å². The quantitative estimate of drug-likeness (QED) is 0.538. The van der Waals surface area contributed by atoms with Crippen LogP contribution in [-0.4, -0.2) is 37.7 Å². The molecule has 2 rings (SSSR count). The van der Waals surface area contributed by atoms with Crippen LogP contribution in [0.2, 0.25) is 0 Å². The highest BCUT2D eigenvalue weighted by atomic mass is 32.2. The molecule has 0 amide bonds. The largest absolute Gasteiger partial charge is 0.315 e.